The van der Waals surface area contributed by atoms with Crippen LogP contribution in [0.4, 0.5) is 5.69 Å². The monoisotopic (exact) mass is 287 g/mol. The molecule has 6 heteroatoms. The van der Waals surface area contributed by atoms with Gasteiger partial charge in [-0.1, -0.05) is 18.9 Å². The summed E-state index contributed by atoms with van der Waals surface area (Å²) in [6, 6.07) is 6.35. The Kier molecular flexibility index (Phi) is 4.53. The predicted molar refractivity (Wildman–Crippen MR) is 76.7 cm³/mol. The van der Waals surface area contributed by atoms with Gasteiger partial charge in [-0.05, 0) is 25.3 Å². The second kappa shape index (κ2) is 6.35. The van der Waals surface area contributed by atoms with Crippen molar-refractivity contribution < 1.29 is 9.72 Å². The fourth-order valence-corrected chi connectivity index (χ4v) is 2.77. The van der Waals surface area contributed by atoms with Crippen molar-refractivity contribution in [1.82, 2.24) is 4.90 Å². The molecule has 0 saturated heterocycles. The van der Waals surface area contributed by atoms with E-state index >= 15 is 0 Å². The van der Waals surface area contributed by atoms with Gasteiger partial charge in [0.1, 0.15) is 6.54 Å². The highest BCUT2D eigenvalue weighted by Crippen LogP contribution is 2.26. The standard InChI is InChI=1S/C15H17N3O3/c1-11-6-7-13(18(20)21)10-14(11)15(19)17(9-8-16)12-4-2-3-5-12/h6-7,10,12H,2-5,9H2,1H3. The van der Waals surface area contributed by atoms with E-state index in [1.165, 1.54) is 12.1 Å². The maximum absolute atomic E-state index is 12.7. The fourth-order valence-electron chi connectivity index (χ4n) is 2.77. The molecule has 0 spiro atoms. The molecule has 1 fully saturated rings. The largest absolute Gasteiger partial charge is 0.322 e. The quantitative estimate of drug-likeness (QED) is 0.484. The lowest BCUT2D eigenvalue weighted by Crippen LogP contribution is -2.39. The number of non-ortho nitro benzene ring substituents is 1. The van der Waals surface area contributed by atoms with Gasteiger partial charge in [-0.3, -0.25) is 14.9 Å². The number of aryl methyl sites for hydroxylation is 1. The topological polar surface area (TPSA) is 87.2 Å². The van der Waals surface area contributed by atoms with E-state index in [0.717, 1.165) is 25.7 Å². The third kappa shape index (κ3) is 3.19. The van der Waals surface area contributed by atoms with Crippen LogP contribution in [0.2, 0.25) is 0 Å². The van der Waals surface area contributed by atoms with E-state index in [0.29, 0.717) is 11.1 Å². The van der Waals surface area contributed by atoms with Crippen LogP contribution >= 0.6 is 0 Å². The molecule has 6 nitrogen and oxygen atoms in total. The van der Waals surface area contributed by atoms with E-state index in [1.54, 1.807) is 17.9 Å². The van der Waals surface area contributed by atoms with Crippen molar-refractivity contribution in [2.75, 3.05) is 6.54 Å². The summed E-state index contributed by atoms with van der Waals surface area (Å²) in [5.74, 6) is -0.287. The number of carbonyl (C=O) groups excluding carboxylic acids is 1. The Balaban J connectivity index is 2.34. The molecule has 1 saturated carbocycles. The van der Waals surface area contributed by atoms with Gasteiger partial charge in [0.05, 0.1) is 11.0 Å². The van der Waals surface area contributed by atoms with Crippen LogP contribution in [0.25, 0.3) is 0 Å². The van der Waals surface area contributed by atoms with Gasteiger partial charge >= 0.3 is 0 Å². The molecule has 0 aromatic heterocycles. The third-order valence-electron chi connectivity index (χ3n) is 3.93. The Hall–Kier alpha value is -2.42. The average Bonchev–Trinajstić information content (AvgIpc) is 2.98. The Morgan fingerprint density at radius 1 is 1.48 bits per heavy atom. The number of hydrogen-bond acceptors (Lipinski definition) is 4. The molecule has 0 atom stereocenters. The van der Waals surface area contributed by atoms with E-state index in [2.05, 4.69) is 0 Å². The lowest BCUT2D eigenvalue weighted by Gasteiger charge is -2.27. The molecule has 1 aromatic carbocycles. The summed E-state index contributed by atoms with van der Waals surface area (Å²) < 4.78 is 0. The van der Waals surface area contributed by atoms with Crippen molar-refractivity contribution in [2.45, 2.75) is 38.6 Å². The minimum absolute atomic E-state index is 0.0195. The number of nitro groups is 1. The Labute approximate surface area is 123 Å². The zero-order chi connectivity index (χ0) is 15.4. The highest BCUT2D eigenvalue weighted by molar-refractivity contribution is 5.96. The first-order chi connectivity index (χ1) is 10.0. The first-order valence-electron chi connectivity index (χ1n) is 6.97. The maximum Gasteiger partial charge on any atom is 0.270 e. The van der Waals surface area contributed by atoms with Gasteiger partial charge in [0.25, 0.3) is 11.6 Å². The Morgan fingerprint density at radius 2 is 2.14 bits per heavy atom. The molecule has 0 N–H and O–H groups in total. The van der Waals surface area contributed by atoms with E-state index in [1.807, 2.05) is 6.07 Å². The van der Waals surface area contributed by atoms with Gasteiger partial charge in [0.2, 0.25) is 0 Å². The number of nitriles is 1. The molecular formula is C15H17N3O3. The van der Waals surface area contributed by atoms with Crippen molar-refractivity contribution in [3.63, 3.8) is 0 Å². The minimum Gasteiger partial charge on any atom is -0.322 e. The van der Waals surface area contributed by atoms with Crippen LogP contribution in [0.1, 0.15) is 41.6 Å². The minimum atomic E-state index is -0.513. The van der Waals surface area contributed by atoms with Crippen molar-refractivity contribution in [3.8, 4) is 6.07 Å². The molecule has 21 heavy (non-hydrogen) atoms. The number of nitro benzene ring substituents is 1. The summed E-state index contributed by atoms with van der Waals surface area (Å²) in [5.41, 5.74) is 0.894. The number of benzene rings is 1. The summed E-state index contributed by atoms with van der Waals surface area (Å²) in [7, 11) is 0. The second-order valence-corrected chi connectivity index (χ2v) is 5.29. The number of carbonyl (C=O) groups is 1. The van der Waals surface area contributed by atoms with Crippen molar-refractivity contribution in [2.24, 2.45) is 0 Å². The van der Waals surface area contributed by atoms with Crippen LogP contribution in [0, 0.1) is 28.4 Å². The maximum atomic E-state index is 12.7. The Bertz CT molecular complexity index is 601. The van der Waals surface area contributed by atoms with Crippen LogP contribution in [0.5, 0.6) is 0 Å². The van der Waals surface area contributed by atoms with Gasteiger partial charge in [-0.25, -0.2) is 0 Å². The van der Waals surface area contributed by atoms with Gasteiger partial charge < -0.3 is 4.90 Å². The van der Waals surface area contributed by atoms with Gasteiger partial charge in [-0.15, -0.1) is 0 Å². The van der Waals surface area contributed by atoms with Gasteiger partial charge in [0, 0.05) is 23.7 Å². The van der Waals surface area contributed by atoms with Gasteiger partial charge in [-0.2, -0.15) is 5.26 Å². The summed E-state index contributed by atoms with van der Waals surface area (Å²) in [4.78, 5) is 24.6. The average molecular weight is 287 g/mol. The lowest BCUT2D eigenvalue weighted by atomic mass is 10.0. The fraction of sp³-hybridized carbons (Fsp3) is 0.467. The Morgan fingerprint density at radius 3 is 2.71 bits per heavy atom. The number of amides is 1. The molecule has 0 heterocycles. The van der Waals surface area contributed by atoms with Crippen LogP contribution in [0.3, 0.4) is 0 Å². The summed E-state index contributed by atoms with van der Waals surface area (Å²) in [6.45, 7) is 1.77. The molecule has 1 aromatic rings. The van der Waals surface area contributed by atoms with Crippen LogP contribution in [-0.4, -0.2) is 28.3 Å². The SMILES string of the molecule is Cc1ccc([N+](=O)[O-])cc1C(=O)N(CC#N)C1CCCC1. The van der Waals surface area contributed by atoms with Crippen LogP contribution in [0.15, 0.2) is 18.2 Å². The first kappa shape index (κ1) is 15.0. The van der Waals surface area contributed by atoms with Crippen molar-refractivity contribution >= 4 is 11.6 Å². The third-order valence-corrected chi connectivity index (χ3v) is 3.93. The van der Waals surface area contributed by atoms with E-state index < -0.39 is 4.92 Å². The van der Waals surface area contributed by atoms with Crippen molar-refractivity contribution in [3.05, 3.63) is 39.4 Å². The summed E-state index contributed by atoms with van der Waals surface area (Å²) in [6.07, 6.45) is 3.88. The molecule has 1 amide bonds. The van der Waals surface area contributed by atoms with Crippen LogP contribution < -0.4 is 0 Å². The zero-order valence-corrected chi connectivity index (χ0v) is 11.9. The number of nitrogens with zero attached hydrogens (tertiary/aromatic N) is 3. The zero-order valence-electron chi connectivity index (χ0n) is 11.9. The smallest absolute Gasteiger partial charge is 0.270 e. The van der Waals surface area contributed by atoms with E-state index in [9.17, 15) is 14.9 Å². The second-order valence-electron chi connectivity index (χ2n) is 5.29. The molecule has 2 rings (SSSR count). The van der Waals surface area contributed by atoms with Crippen LogP contribution in [-0.2, 0) is 0 Å². The van der Waals surface area contributed by atoms with Crippen molar-refractivity contribution in [1.29, 1.82) is 5.26 Å². The predicted octanol–water partition coefficient (Wildman–Crippen LogP) is 2.81. The lowest BCUT2D eigenvalue weighted by molar-refractivity contribution is -0.384. The molecule has 0 bridgehead atoms. The normalized spacial score (nSPS) is 14.7. The molecule has 0 aliphatic heterocycles. The van der Waals surface area contributed by atoms with E-state index in [-0.39, 0.29) is 24.2 Å². The molecule has 110 valence electrons. The highest BCUT2D eigenvalue weighted by Gasteiger charge is 2.28. The summed E-state index contributed by atoms with van der Waals surface area (Å²) >= 11 is 0. The number of rotatable bonds is 4. The first-order valence-corrected chi connectivity index (χ1v) is 6.97. The van der Waals surface area contributed by atoms with E-state index in [4.69, 9.17) is 5.26 Å². The molecule has 1 aliphatic carbocycles. The molecule has 0 radical (unpaired) electrons. The number of hydrogen-bond donors (Lipinski definition) is 0. The molecular weight excluding hydrogens is 270 g/mol. The highest BCUT2D eigenvalue weighted by atomic mass is 16.6. The molecule has 0 unspecified atom stereocenters. The van der Waals surface area contributed by atoms with Gasteiger partial charge in [0.15, 0.2) is 0 Å². The molecule has 1 aliphatic rings. The summed E-state index contributed by atoms with van der Waals surface area (Å²) in [5, 5.41) is 19.8.